The van der Waals surface area contributed by atoms with Crippen LogP contribution in [-0.4, -0.2) is 28.8 Å². The van der Waals surface area contributed by atoms with Gasteiger partial charge >= 0.3 is 11.7 Å². The van der Waals surface area contributed by atoms with Crippen molar-refractivity contribution < 1.29 is 14.3 Å². The minimum atomic E-state index is -0.556. The molecule has 8 heteroatoms. The van der Waals surface area contributed by atoms with Gasteiger partial charge < -0.3 is 9.47 Å². The van der Waals surface area contributed by atoms with Gasteiger partial charge in [-0.1, -0.05) is 0 Å². The molecule has 0 amide bonds. The van der Waals surface area contributed by atoms with E-state index in [1.165, 1.54) is 20.2 Å². The first kappa shape index (κ1) is 15.6. The van der Waals surface area contributed by atoms with Gasteiger partial charge in [0.25, 0.3) is 5.56 Å². The van der Waals surface area contributed by atoms with E-state index >= 15 is 0 Å². The van der Waals surface area contributed by atoms with Gasteiger partial charge in [-0.25, -0.2) is 4.79 Å². The van der Waals surface area contributed by atoms with Gasteiger partial charge in [0.1, 0.15) is 0 Å². The normalized spacial score (nSPS) is 12.2. The highest BCUT2D eigenvalue weighted by atomic mass is 79.9. The predicted molar refractivity (Wildman–Crippen MR) is 71.0 cm³/mol. The van der Waals surface area contributed by atoms with Gasteiger partial charge in [-0.3, -0.25) is 18.7 Å². The number of rotatable bonds is 5. The minimum absolute atomic E-state index is 0.210. The third-order valence-electron chi connectivity index (χ3n) is 2.40. The summed E-state index contributed by atoms with van der Waals surface area (Å²) in [6.45, 7) is 2.91. The van der Waals surface area contributed by atoms with Gasteiger partial charge in [0.15, 0.2) is 6.73 Å². The Kier molecular flexibility index (Phi) is 5.49. The number of nitrogens with zero attached hydrogens (tertiary/aromatic N) is 2. The Morgan fingerprint density at radius 3 is 2.63 bits per heavy atom. The van der Waals surface area contributed by atoms with Crippen molar-refractivity contribution in [2.24, 2.45) is 0 Å². The topological polar surface area (TPSA) is 79.5 Å². The average Bonchev–Trinajstić information content (AvgIpc) is 2.32. The molecule has 0 saturated heterocycles. The van der Waals surface area contributed by atoms with Crippen molar-refractivity contribution in [3.63, 3.8) is 0 Å². The van der Waals surface area contributed by atoms with Crippen LogP contribution in [0.5, 0.6) is 0 Å². The van der Waals surface area contributed by atoms with Crippen molar-refractivity contribution in [1.29, 1.82) is 0 Å². The number of methoxy groups -OCH3 is 1. The van der Waals surface area contributed by atoms with Crippen LogP contribution in [-0.2, 0) is 21.0 Å². The lowest BCUT2D eigenvalue weighted by molar-refractivity contribution is -0.144. The minimum Gasteiger partial charge on any atom is -0.444 e. The fraction of sp³-hybridized carbons (Fsp3) is 0.545. The summed E-state index contributed by atoms with van der Waals surface area (Å²) in [5.74, 6) is -0.509. The number of carbonyl (C=O) groups is 1. The Labute approximate surface area is 117 Å². The Hall–Kier alpha value is -1.41. The highest BCUT2D eigenvalue weighted by Gasteiger charge is 2.15. The molecule has 0 aliphatic carbocycles. The molecule has 1 aromatic rings. The number of esters is 1. The maximum Gasteiger partial charge on any atom is 0.334 e. The van der Waals surface area contributed by atoms with E-state index in [1.807, 2.05) is 0 Å². The van der Waals surface area contributed by atoms with Crippen LogP contribution in [0.3, 0.4) is 0 Å². The van der Waals surface area contributed by atoms with E-state index < -0.39 is 23.3 Å². The third kappa shape index (κ3) is 3.77. The Bertz CT molecular complexity index is 577. The van der Waals surface area contributed by atoms with Gasteiger partial charge in [0, 0.05) is 20.2 Å². The number of ether oxygens (including phenoxy) is 2. The van der Waals surface area contributed by atoms with Crippen molar-refractivity contribution in [2.45, 2.75) is 26.6 Å². The summed E-state index contributed by atoms with van der Waals surface area (Å²) in [4.78, 5) is 34.8. The highest BCUT2D eigenvalue weighted by molar-refractivity contribution is 9.10. The second kappa shape index (κ2) is 6.67. The van der Waals surface area contributed by atoms with E-state index in [0.29, 0.717) is 0 Å². The van der Waals surface area contributed by atoms with Crippen molar-refractivity contribution in [1.82, 2.24) is 9.13 Å². The fourth-order valence-electron chi connectivity index (χ4n) is 1.54. The summed E-state index contributed by atoms with van der Waals surface area (Å²) in [6, 6.07) is -0.425. The summed E-state index contributed by atoms with van der Waals surface area (Å²) in [6.07, 6.45) is 1.30. The molecule has 1 rings (SSSR count). The largest absolute Gasteiger partial charge is 0.444 e. The van der Waals surface area contributed by atoms with Crippen LogP contribution in [0.25, 0.3) is 0 Å². The number of halogens is 1. The van der Waals surface area contributed by atoms with Gasteiger partial charge in [0.2, 0.25) is 0 Å². The van der Waals surface area contributed by atoms with E-state index in [1.54, 1.807) is 6.92 Å². The lowest BCUT2D eigenvalue weighted by atomic mass is 10.3. The molecular weight excluding hydrogens is 320 g/mol. The standard InChI is InChI=1S/C11H15BrN2O5/c1-7(5-18-3)14-10(16)9(12)4-13(11(14)17)6-19-8(2)15/h4,7H,5-6H2,1-3H3. The SMILES string of the molecule is COCC(C)n1c(=O)c(Br)cn(COC(C)=O)c1=O. The van der Waals surface area contributed by atoms with Crippen LogP contribution in [0.4, 0.5) is 0 Å². The second-order valence-corrected chi connectivity index (χ2v) is 4.83. The molecule has 0 aliphatic rings. The summed E-state index contributed by atoms with van der Waals surface area (Å²) >= 11 is 3.08. The van der Waals surface area contributed by atoms with Crippen molar-refractivity contribution in [3.8, 4) is 0 Å². The molecule has 1 heterocycles. The summed E-state index contributed by atoms with van der Waals surface area (Å²) in [5.41, 5.74) is -1.01. The van der Waals surface area contributed by atoms with Gasteiger partial charge in [0.05, 0.1) is 17.1 Å². The summed E-state index contributed by atoms with van der Waals surface area (Å²) in [5, 5.41) is 0. The molecule has 1 atom stereocenters. The van der Waals surface area contributed by atoms with Crippen molar-refractivity contribution >= 4 is 21.9 Å². The van der Waals surface area contributed by atoms with Gasteiger partial charge in [-0.2, -0.15) is 0 Å². The van der Waals surface area contributed by atoms with Crippen LogP contribution in [0.1, 0.15) is 19.9 Å². The van der Waals surface area contributed by atoms with Gasteiger partial charge in [-0.05, 0) is 22.9 Å². The van der Waals surface area contributed by atoms with Crippen LogP contribution in [0, 0.1) is 0 Å². The maximum absolute atomic E-state index is 12.1. The zero-order valence-electron chi connectivity index (χ0n) is 10.9. The molecule has 0 radical (unpaired) electrons. The first-order valence-corrected chi connectivity index (χ1v) is 6.31. The molecule has 0 aromatic carbocycles. The zero-order valence-corrected chi connectivity index (χ0v) is 12.5. The van der Waals surface area contributed by atoms with Crippen molar-refractivity contribution in [3.05, 3.63) is 31.5 Å². The van der Waals surface area contributed by atoms with Crippen LogP contribution in [0.2, 0.25) is 0 Å². The van der Waals surface area contributed by atoms with Crippen LogP contribution < -0.4 is 11.2 Å². The summed E-state index contributed by atoms with van der Waals surface area (Å²) in [7, 11) is 1.48. The molecule has 0 spiro atoms. The number of hydrogen-bond acceptors (Lipinski definition) is 5. The molecule has 1 unspecified atom stereocenters. The Morgan fingerprint density at radius 2 is 2.11 bits per heavy atom. The molecular formula is C11H15BrN2O5. The zero-order chi connectivity index (χ0) is 14.6. The maximum atomic E-state index is 12.1. The molecule has 19 heavy (non-hydrogen) atoms. The quantitative estimate of drug-likeness (QED) is 0.732. The molecule has 0 aliphatic heterocycles. The highest BCUT2D eigenvalue weighted by Crippen LogP contribution is 2.04. The lowest BCUT2D eigenvalue weighted by Gasteiger charge is -2.16. The molecule has 0 saturated carbocycles. The smallest absolute Gasteiger partial charge is 0.334 e. The lowest BCUT2D eigenvalue weighted by Crippen LogP contribution is -2.43. The Morgan fingerprint density at radius 1 is 1.47 bits per heavy atom. The van der Waals surface area contributed by atoms with E-state index in [9.17, 15) is 14.4 Å². The summed E-state index contributed by atoms with van der Waals surface area (Å²) < 4.78 is 12.1. The van der Waals surface area contributed by atoms with Gasteiger partial charge in [-0.15, -0.1) is 0 Å². The monoisotopic (exact) mass is 334 g/mol. The third-order valence-corrected chi connectivity index (χ3v) is 2.94. The van der Waals surface area contributed by atoms with Crippen molar-refractivity contribution in [2.75, 3.05) is 13.7 Å². The van der Waals surface area contributed by atoms with Crippen LogP contribution >= 0.6 is 15.9 Å². The molecule has 0 bridgehead atoms. The Balaban J connectivity index is 3.26. The molecule has 106 valence electrons. The number of aromatic nitrogens is 2. The molecule has 0 fully saturated rings. The number of hydrogen-bond donors (Lipinski definition) is 0. The molecule has 0 N–H and O–H groups in total. The van der Waals surface area contributed by atoms with Crippen LogP contribution in [0.15, 0.2) is 20.3 Å². The van der Waals surface area contributed by atoms with E-state index in [2.05, 4.69) is 15.9 Å². The second-order valence-electron chi connectivity index (χ2n) is 3.97. The predicted octanol–water partition coefficient (Wildman–Crippen LogP) is 0.501. The molecule has 1 aromatic heterocycles. The number of carbonyl (C=O) groups excluding carboxylic acids is 1. The average molecular weight is 335 g/mol. The first-order valence-electron chi connectivity index (χ1n) is 5.52. The molecule has 7 nitrogen and oxygen atoms in total. The van der Waals surface area contributed by atoms with E-state index in [0.717, 1.165) is 9.13 Å². The van der Waals surface area contributed by atoms with E-state index in [4.69, 9.17) is 9.47 Å². The fourth-order valence-corrected chi connectivity index (χ4v) is 1.98. The van der Waals surface area contributed by atoms with E-state index in [-0.39, 0.29) is 17.8 Å². The first-order chi connectivity index (χ1) is 8.88.